The van der Waals surface area contributed by atoms with E-state index in [0.29, 0.717) is 124 Å². The van der Waals surface area contributed by atoms with E-state index in [0.717, 1.165) is 152 Å². The molecule has 2 atom stereocenters. The third-order valence-electron chi connectivity index (χ3n) is 25.4. The number of carbonyl (C=O) groups is 8. The molecule has 6 aliphatic carbocycles. The molecule has 22 nitrogen and oxygen atoms in total. The fourth-order valence-corrected chi connectivity index (χ4v) is 18.7. The van der Waals surface area contributed by atoms with Crippen LogP contribution in [0.5, 0.6) is 0 Å². The molecule has 694 valence electrons. The fraction of sp³-hybridized carbons (Fsp3) is 0.225. The molecule has 2 unspecified atom stereocenters. The fourth-order valence-electron chi connectivity index (χ4n) is 18.5. The third-order valence-corrected chi connectivity index (χ3v) is 26.3. The number of aromatic carboxylic acids is 3. The van der Waals surface area contributed by atoms with Crippen LogP contribution in [-0.4, -0.2) is 150 Å². The van der Waals surface area contributed by atoms with Crippen molar-refractivity contribution in [2.45, 2.75) is 117 Å². The lowest BCUT2D eigenvalue weighted by Crippen LogP contribution is -2.29. The Kier molecular flexibility index (Phi) is 30.6. The number of allylic oxidation sites excluding steroid dienone is 4. The number of halogens is 4. The normalized spacial score (nSPS) is 15.0. The van der Waals surface area contributed by atoms with Crippen LogP contribution in [0.15, 0.2) is 240 Å². The molecule has 137 heavy (non-hydrogen) atoms. The number of aromatic nitrogens is 6. The first kappa shape index (κ1) is 96.4. The molecule has 6 aromatic heterocycles. The molecule has 8 heterocycles. The van der Waals surface area contributed by atoms with E-state index in [4.69, 9.17) is 37.4 Å². The Bertz CT molecular complexity index is 6730. The van der Waals surface area contributed by atoms with E-state index in [-0.39, 0.29) is 41.0 Å². The number of hydrogen-bond acceptors (Lipinski definition) is 17. The second-order valence-electron chi connectivity index (χ2n) is 34.7. The number of carbonyl (C=O) groups excluding carboxylic acids is 5. The highest BCUT2D eigenvalue weighted by Crippen LogP contribution is 2.39. The predicted octanol–water partition coefficient (Wildman–Crippen LogP) is 20.4. The molecular formula is C111H98Cl2F2N8O14. The average molecular weight is 1880 g/mol. The number of hydrogen-bond donors (Lipinski definition) is 3. The number of esters is 3. The maximum atomic E-state index is 13.3. The first-order valence-electron chi connectivity index (χ1n) is 44.8. The Morgan fingerprint density at radius 2 is 0.606 bits per heavy atom. The van der Waals surface area contributed by atoms with E-state index >= 15 is 0 Å². The van der Waals surface area contributed by atoms with E-state index in [1.54, 1.807) is 87.2 Å². The number of nitrogens with zero attached hydrogens (tertiary/aromatic N) is 8. The maximum Gasteiger partial charge on any atom is 0.338 e. The molecule has 2 aliphatic heterocycles. The minimum absolute atomic E-state index is 0.00669. The lowest BCUT2D eigenvalue weighted by Gasteiger charge is -2.17. The molecular weight excluding hydrogens is 1780 g/mol. The summed E-state index contributed by atoms with van der Waals surface area (Å²) in [6.45, 7) is 10.4. The van der Waals surface area contributed by atoms with Crippen molar-refractivity contribution in [2.24, 2.45) is 0 Å². The van der Waals surface area contributed by atoms with Gasteiger partial charge in [0.05, 0.1) is 88.9 Å². The molecule has 0 bridgehead atoms. The molecule has 6 aromatic carbocycles. The molecule has 2 fully saturated rings. The Hall–Kier alpha value is -15.1. The molecule has 26 heteroatoms. The number of carboxylic acid groups (broad SMARTS) is 3. The summed E-state index contributed by atoms with van der Waals surface area (Å²) in [5.74, 6) is -3.48. The van der Waals surface area contributed by atoms with Gasteiger partial charge >= 0.3 is 35.8 Å². The van der Waals surface area contributed by atoms with E-state index < -0.39 is 23.9 Å². The number of rotatable bonds is 18. The van der Waals surface area contributed by atoms with Crippen molar-refractivity contribution in [3.8, 4) is 0 Å². The van der Waals surface area contributed by atoms with E-state index in [9.17, 15) is 62.5 Å². The van der Waals surface area contributed by atoms with E-state index in [1.165, 1.54) is 91.4 Å². The summed E-state index contributed by atoms with van der Waals surface area (Å²) in [4.78, 5) is 125. The van der Waals surface area contributed by atoms with Crippen molar-refractivity contribution in [3.05, 3.63) is 419 Å². The highest BCUT2D eigenvalue weighted by molar-refractivity contribution is 6.31. The summed E-state index contributed by atoms with van der Waals surface area (Å²) in [7, 11) is 4.13. The zero-order valence-electron chi connectivity index (χ0n) is 76.5. The number of benzene rings is 6. The smallest absolute Gasteiger partial charge is 0.338 e. The Morgan fingerprint density at radius 1 is 0.343 bits per heavy atom. The van der Waals surface area contributed by atoms with Gasteiger partial charge in [-0.05, 0) is 278 Å². The summed E-state index contributed by atoms with van der Waals surface area (Å²) in [5, 5.41) is 29.3. The largest absolute Gasteiger partial charge is 0.478 e. The molecule has 20 rings (SSSR count). The minimum atomic E-state index is -0.980. The Morgan fingerprint density at radius 3 is 0.891 bits per heavy atom. The summed E-state index contributed by atoms with van der Waals surface area (Å²) >= 11 is 12.1. The van der Waals surface area contributed by atoms with Crippen LogP contribution < -0.4 is 0 Å². The molecule has 8 aliphatic rings. The van der Waals surface area contributed by atoms with Crippen LogP contribution >= 0.6 is 23.2 Å². The highest BCUT2D eigenvalue weighted by Gasteiger charge is 2.36. The van der Waals surface area contributed by atoms with Gasteiger partial charge in [-0.3, -0.25) is 39.5 Å². The topological polar surface area (TPSA) is 309 Å². The molecule has 2 amide bonds. The Labute approximate surface area is 801 Å². The summed E-state index contributed by atoms with van der Waals surface area (Å²) < 4.78 is 41.1. The Balaban J connectivity index is 0.000000125. The number of pyridine rings is 6. The molecule has 3 N–H and O–H groups in total. The predicted molar refractivity (Wildman–Crippen MR) is 521 cm³/mol. The first-order chi connectivity index (χ1) is 66.0. The second kappa shape index (κ2) is 43.5. The monoisotopic (exact) mass is 1870 g/mol. The van der Waals surface area contributed by atoms with Crippen LogP contribution in [0.2, 0.25) is 10.0 Å². The van der Waals surface area contributed by atoms with E-state index in [1.807, 2.05) is 115 Å². The van der Waals surface area contributed by atoms with Crippen LogP contribution in [0.1, 0.15) is 210 Å². The zero-order valence-corrected chi connectivity index (χ0v) is 78.0. The van der Waals surface area contributed by atoms with Crippen LogP contribution in [-0.2, 0) is 88.0 Å². The summed E-state index contributed by atoms with van der Waals surface area (Å²) in [6.07, 6.45) is 29.3. The summed E-state index contributed by atoms with van der Waals surface area (Å²) in [6, 6.07) is 52.4. The molecule has 0 spiro atoms. The quantitative estimate of drug-likeness (QED) is 0.0531. The maximum absolute atomic E-state index is 13.3. The third kappa shape index (κ3) is 22.9. The molecule has 0 saturated carbocycles. The van der Waals surface area contributed by atoms with Crippen LogP contribution in [0.3, 0.4) is 0 Å². The van der Waals surface area contributed by atoms with Gasteiger partial charge in [0, 0.05) is 109 Å². The average Bonchev–Trinajstić information content (AvgIpc) is 1.73. The second-order valence-corrected chi connectivity index (χ2v) is 35.5. The first-order valence-corrected chi connectivity index (χ1v) is 45.5. The molecule has 2 saturated heterocycles. The SMILES string of the molecule is COC(=O)c1ccnc2c1CC(C(=O)N1CCC(c3ccccc3)C1)=C2.COC(=O)c1ccnc2c1CC(Cc1ccc(Cl)c(C)c1)=C2.COC(=O)c1ccnc2c1CC(Cc1ccc(F)c(C)c1)=C2.Cc1cc(CC2=Cc3nccc(C(=O)O)c3C2)ccc1Cl.Cc1cc(CC2=Cc3nccc(C(=O)O)c3C2)ccc1F.O=C(O)c1ccnc2c1CC(C(=O)N1CCC(c3ccccc3)C1)=C2. The van der Waals surface area contributed by atoms with Gasteiger partial charge in [-0.2, -0.15) is 0 Å². The number of ether oxygens (including phenoxy) is 3. The van der Waals surface area contributed by atoms with Gasteiger partial charge in [0.2, 0.25) is 11.8 Å². The number of carboxylic acids is 3. The lowest BCUT2D eigenvalue weighted by molar-refractivity contribution is -0.126. The summed E-state index contributed by atoms with van der Waals surface area (Å²) in [5.41, 5.74) is 28.2. The standard InChI is InChI=1S/C21H20N2O3.C20H18N2O3.C18H16ClNO2.C18H16FNO2.C17H14ClNO2.C17H14FNO2/c1-26-21(25)17-7-9-22-19-12-16(11-18(17)19)20(24)23-10-8-15(13-23)14-5-3-2-4-6-14;23-19(22-9-7-14(12-22)13-4-2-1-3-5-13)15-10-17-16(20(24)25)6-8-21-18(17)11-15;2*1-11-7-12(3-4-16(11)19)8-13-9-15-14(18(21)22-2)5-6-20-17(15)10-13;2*1-10-6-11(2-3-15(10)18)7-12-8-14-13(17(20)21)4-5-19-16(14)9-12/h2-7,9,12,15H,8,10-11,13H2,1H3;1-6,8,11,14H,7,9-10,12H2,(H,24,25);2*3-7,10H,8-9H2,1-2H3;2*2-6,9H,7-8H2,1H3,(H,20,21). The van der Waals surface area contributed by atoms with E-state index in [2.05, 4.69) is 72.4 Å². The van der Waals surface area contributed by atoms with Crippen molar-refractivity contribution in [2.75, 3.05) is 47.5 Å². The van der Waals surface area contributed by atoms with Crippen LogP contribution in [0, 0.1) is 39.3 Å². The van der Waals surface area contributed by atoms with Gasteiger partial charge < -0.3 is 39.3 Å². The highest BCUT2D eigenvalue weighted by atomic mass is 35.5. The number of amides is 2. The van der Waals surface area contributed by atoms with Crippen LogP contribution in [0.4, 0.5) is 8.78 Å². The van der Waals surface area contributed by atoms with Gasteiger partial charge in [0.1, 0.15) is 11.6 Å². The number of aryl methyl sites for hydroxylation is 4. The number of likely N-dealkylation sites (tertiary alicyclic amines) is 2. The lowest BCUT2D eigenvalue weighted by atomic mass is 9.99. The minimum Gasteiger partial charge on any atom is -0.478 e. The van der Waals surface area contributed by atoms with Gasteiger partial charge in [0.15, 0.2) is 0 Å². The van der Waals surface area contributed by atoms with Gasteiger partial charge in [0.25, 0.3) is 0 Å². The zero-order chi connectivity index (χ0) is 96.8. The van der Waals surface area contributed by atoms with Crippen molar-refractivity contribution < 1.29 is 76.7 Å². The van der Waals surface area contributed by atoms with Crippen molar-refractivity contribution in [1.82, 2.24) is 39.7 Å². The van der Waals surface area contributed by atoms with Crippen molar-refractivity contribution in [3.63, 3.8) is 0 Å². The van der Waals surface area contributed by atoms with Crippen molar-refractivity contribution >= 4 is 107 Å². The van der Waals surface area contributed by atoms with Gasteiger partial charge in [-0.1, -0.05) is 155 Å². The van der Waals surface area contributed by atoms with Gasteiger partial charge in [-0.15, -0.1) is 0 Å². The molecule has 0 radical (unpaired) electrons. The van der Waals surface area contributed by atoms with Gasteiger partial charge in [-0.25, -0.2) is 37.5 Å². The van der Waals surface area contributed by atoms with Crippen molar-refractivity contribution in [1.29, 1.82) is 0 Å². The molecule has 12 aromatic rings. The number of methoxy groups -OCH3 is 3. The van der Waals surface area contributed by atoms with Crippen LogP contribution in [0.25, 0.3) is 36.5 Å². The number of fused-ring (bicyclic) bond motifs is 6.